The van der Waals surface area contributed by atoms with Gasteiger partial charge in [0, 0.05) is 51.9 Å². The van der Waals surface area contributed by atoms with Crippen LogP contribution < -0.4 is 0 Å². The van der Waals surface area contributed by atoms with Crippen molar-refractivity contribution in [2.24, 2.45) is 11.8 Å². The summed E-state index contributed by atoms with van der Waals surface area (Å²) in [4.78, 5) is 29.5. The molecule has 8 nitrogen and oxygen atoms in total. The van der Waals surface area contributed by atoms with Crippen LogP contribution in [0.25, 0.3) is 0 Å². The lowest BCUT2D eigenvalue weighted by Gasteiger charge is -2.36. The van der Waals surface area contributed by atoms with Crippen molar-refractivity contribution in [3.63, 3.8) is 0 Å². The second-order valence-corrected chi connectivity index (χ2v) is 18.4. The molecule has 0 unspecified atom stereocenters. The molecule has 58 heavy (non-hydrogen) atoms. The summed E-state index contributed by atoms with van der Waals surface area (Å²) in [5, 5.41) is 0. The molecule has 342 valence electrons. The lowest BCUT2D eigenvalue weighted by atomic mass is 9.93. The van der Waals surface area contributed by atoms with Crippen LogP contribution in [0.4, 0.5) is 0 Å². The maximum Gasteiger partial charge on any atom is 0.305 e. The largest absolute Gasteiger partial charge is 0.466 e. The van der Waals surface area contributed by atoms with Gasteiger partial charge in [0.05, 0.1) is 19.8 Å². The molecule has 2 heterocycles. The first kappa shape index (κ1) is 52.9. The van der Waals surface area contributed by atoms with Gasteiger partial charge in [-0.15, -0.1) is 0 Å². The van der Waals surface area contributed by atoms with Crippen LogP contribution in [0.2, 0.25) is 0 Å². The van der Waals surface area contributed by atoms with Gasteiger partial charge in [0.2, 0.25) is 0 Å². The zero-order chi connectivity index (χ0) is 41.9. The van der Waals surface area contributed by atoms with Crippen LogP contribution in [0.15, 0.2) is 0 Å². The summed E-state index contributed by atoms with van der Waals surface area (Å²) in [7, 11) is 2.20. The third-order valence-corrected chi connectivity index (χ3v) is 13.1. The number of ether oxygens (including phenoxy) is 4. The molecule has 2 rings (SSSR count). The number of hydrogen-bond donors (Lipinski definition) is 0. The smallest absolute Gasteiger partial charge is 0.305 e. The molecule has 0 bridgehead atoms. The fourth-order valence-corrected chi connectivity index (χ4v) is 8.97. The fourth-order valence-electron chi connectivity index (χ4n) is 8.97. The number of piperazine rings is 1. The van der Waals surface area contributed by atoms with Crippen molar-refractivity contribution in [3.05, 3.63) is 0 Å². The molecule has 2 saturated heterocycles. The first-order valence-electron chi connectivity index (χ1n) is 25.4. The third kappa shape index (κ3) is 26.2. The maximum absolute atomic E-state index is 12.3. The van der Waals surface area contributed by atoms with Gasteiger partial charge in [-0.1, -0.05) is 169 Å². The minimum atomic E-state index is -0.438. The summed E-state index contributed by atoms with van der Waals surface area (Å²) in [6.45, 7) is 15.2. The Bertz CT molecular complexity index is 900. The average Bonchev–Trinajstić information content (AvgIpc) is 3.65. The zero-order valence-corrected chi connectivity index (χ0v) is 39.2. The van der Waals surface area contributed by atoms with Gasteiger partial charge in [-0.3, -0.25) is 14.5 Å². The molecule has 2 aliphatic rings. The highest BCUT2D eigenvalue weighted by Gasteiger charge is 2.43. The van der Waals surface area contributed by atoms with E-state index in [1.165, 1.54) is 128 Å². The topological polar surface area (TPSA) is 77.5 Å². The van der Waals surface area contributed by atoms with Gasteiger partial charge in [0.25, 0.3) is 0 Å². The summed E-state index contributed by atoms with van der Waals surface area (Å²) in [6.07, 6.45) is 36.5. The summed E-state index contributed by atoms with van der Waals surface area (Å²) in [5.74, 6) is 0.975. The van der Waals surface area contributed by atoms with Crippen molar-refractivity contribution >= 4 is 11.9 Å². The second kappa shape index (κ2) is 35.4. The van der Waals surface area contributed by atoms with Crippen molar-refractivity contribution in [1.29, 1.82) is 0 Å². The highest BCUT2D eigenvalue weighted by atomic mass is 16.8. The van der Waals surface area contributed by atoms with Gasteiger partial charge in [-0.25, -0.2) is 0 Å². The van der Waals surface area contributed by atoms with E-state index in [-0.39, 0.29) is 18.2 Å². The quantitative estimate of drug-likeness (QED) is 0.0448. The predicted molar refractivity (Wildman–Crippen MR) is 242 cm³/mol. The Labute approximate surface area is 359 Å². The average molecular weight is 821 g/mol. The van der Waals surface area contributed by atoms with E-state index < -0.39 is 5.79 Å². The van der Waals surface area contributed by atoms with Crippen molar-refractivity contribution in [3.8, 4) is 0 Å². The van der Waals surface area contributed by atoms with E-state index in [0.717, 1.165) is 90.4 Å². The van der Waals surface area contributed by atoms with Gasteiger partial charge in [0.15, 0.2) is 5.79 Å². The van der Waals surface area contributed by atoms with Crippen LogP contribution in [-0.4, -0.2) is 86.8 Å². The SMILES string of the molecule is CCCCC(CCCC)CCOC(=O)CCCCCCCCCC1(CCCCCCCCCC(=O)OCCC(CCCC)CCCC)OC[C@@H](N2CCN(C)CC2)O1. The number of hydrogen-bond acceptors (Lipinski definition) is 8. The summed E-state index contributed by atoms with van der Waals surface area (Å²) in [5.41, 5.74) is 0. The standard InChI is InChI=1S/C50H96N2O6/c1-6-10-28-45(29-11-7-2)34-42-55-48(53)32-24-20-16-14-18-22-26-36-50(57-44-47(58-50)52-40-38-51(5)39-41-52)37-27-23-19-15-17-21-25-33-49(54)56-43-35-46(30-12-8-3)31-13-9-4/h45-47H,6-44H2,1-5H3/t47-/m0/s1. The Balaban J connectivity index is 1.58. The van der Waals surface area contributed by atoms with Crippen LogP contribution in [0, 0.1) is 11.8 Å². The van der Waals surface area contributed by atoms with E-state index in [1.807, 2.05) is 0 Å². The molecule has 2 aliphatic heterocycles. The molecule has 0 aromatic rings. The van der Waals surface area contributed by atoms with Crippen LogP contribution in [-0.2, 0) is 28.5 Å². The number of carbonyl (C=O) groups excluding carboxylic acids is 2. The van der Waals surface area contributed by atoms with E-state index in [4.69, 9.17) is 18.9 Å². The van der Waals surface area contributed by atoms with Gasteiger partial charge >= 0.3 is 11.9 Å². The van der Waals surface area contributed by atoms with E-state index >= 15 is 0 Å². The summed E-state index contributed by atoms with van der Waals surface area (Å²) in [6, 6.07) is 0. The monoisotopic (exact) mass is 821 g/mol. The minimum absolute atomic E-state index is 0.00496. The fraction of sp³-hybridized carbons (Fsp3) is 0.960. The van der Waals surface area contributed by atoms with E-state index in [2.05, 4.69) is 44.5 Å². The van der Waals surface area contributed by atoms with Crippen molar-refractivity contribution in [2.75, 3.05) is 53.0 Å². The molecular formula is C50H96N2O6. The Hall–Kier alpha value is -1.22. The van der Waals surface area contributed by atoms with Crippen molar-refractivity contribution < 1.29 is 28.5 Å². The summed E-state index contributed by atoms with van der Waals surface area (Å²) < 4.78 is 24.7. The molecule has 0 saturated carbocycles. The molecule has 0 aromatic carbocycles. The molecular weight excluding hydrogens is 725 g/mol. The number of likely N-dealkylation sites (N-methyl/N-ethyl adjacent to an activating group) is 1. The van der Waals surface area contributed by atoms with E-state index in [9.17, 15) is 9.59 Å². The first-order chi connectivity index (χ1) is 28.3. The van der Waals surface area contributed by atoms with Gasteiger partial charge in [-0.2, -0.15) is 0 Å². The maximum atomic E-state index is 12.3. The van der Waals surface area contributed by atoms with Crippen molar-refractivity contribution in [2.45, 2.75) is 245 Å². The number of nitrogens with zero attached hydrogens (tertiary/aromatic N) is 2. The summed E-state index contributed by atoms with van der Waals surface area (Å²) >= 11 is 0. The molecule has 0 N–H and O–H groups in total. The minimum Gasteiger partial charge on any atom is -0.466 e. The Morgan fingerprint density at radius 3 is 1.31 bits per heavy atom. The lowest BCUT2D eigenvalue weighted by Crippen LogP contribution is -2.50. The Morgan fingerprint density at radius 2 is 0.914 bits per heavy atom. The first-order valence-corrected chi connectivity index (χ1v) is 25.4. The van der Waals surface area contributed by atoms with Crippen LogP contribution in [0.1, 0.15) is 233 Å². The second-order valence-electron chi connectivity index (χ2n) is 18.4. The molecule has 8 heteroatoms. The van der Waals surface area contributed by atoms with Crippen LogP contribution in [0.3, 0.4) is 0 Å². The highest BCUT2D eigenvalue weighted by molar-refractivity contribution is 5.69. The molecule has 0 amide bonds. The van der Waals surface area contributed by atoms with E-state index in [1.54, 1.807) is 0 Å². The van der Waals surface area contributed by atoms with Gasteiger partial charge in [-0.05, 0) is 57.4 Å². The number of esters is 2. The Morgan fingerprint density at radius 1 is 0.534 bits per heavy atom. The Kier molecular flexibility index (Phi) is 32.3. The lowest BCUT2D eigenvalue weighted by molar-refractivity contribution is -0.197. The molecule has 0 radical (unpaired) electrons. The number of carbonyl (C=O) groups is 2. The normalized spacial score (nSPS) is 17.5. The third-order valence-electron chi connectivity index (χ3n) is 13.1. The molecule has 2 fully saturated rings. The highest BCUT2D eigenvalue weighted by Crippen LogP contribution is 2.36. The van der Waals surface area contributed by atoms with Gasteiger partial charge < -0.3 is 23.8 Å². The number of unbranched alkanes of at least 4 members (excludes halogenated alkanes) is 16. The van der Waals surface area contributed by atoms with Gasteiger partial charge in [0.1, 0.15) is 6.23 Å². The molecule has 1 atom stereocenters. The van der Waals surface area contributed by atoms with E-state index in [0.29, 0.717) is 44.5 Å². The van der Waals surface area contributed by atoms with Crippen LogP contribution in [0.5, 0.6) is 0 Å². The predicted octanol–water partition coefficient (Wildman–Crippen LogP) is 13.2. The number of rotatable bonds is 39. The molecule has 0 spiro atoms. The molecule has 0 aromatic heterocycles. The molecule has 0 aliphatic carbocycles. The van der Waals surface area contributed by atoms with Crippen LogP contribution >= 0.6 is 0 Å². The van der Waals surface area contributed by atoms with Crippen molar-refractivity contribution in [1.82, 2.24) is 9.80 Å². The zero-order valence-electron chi connectivity index (χ0n) is 39.2.